The van der Waals surface area contributed by atoms with E-state index in [9.17, 15) is 19.2 Å². The highest BCUT2D eigenvalue weighted by Gasteiger charge is 2.08. The number of nitrogens with one attached hydrogen (secondary N) is 2. The summed E-state index contributed by atoms with van der Waals surface area (Å²) in [4.78, 5) is 46.5. The van der Waals surface area contributed by atoms with Crippen LogP contribution in [0.15, 0.2) is 33.9 Å². The first-order chi connectivity index (χ1) is 12.5. The minimum Gasteiger partial charge on any atom is -0.481 e. The van der Waals surface area contributed by atoms with Crippen molar-refractivity contribution in [2.45, 2.75) is 45.1 Å². The van der Waals surface area contributed by atoms with Gasteiger partial charge in [-0.2, -0.15) is 0 Å². The van der Waals surface area contributed by atoms with Crippen LogP contribution in [0, 0.1) is 0 Å². The van der Waals surface area contributed by atoms with E-state index in [2.05, 4.69) is 10.4 Å². The normalized spacial score (nSPS) is 10.8. The molecule has 8 heteroatoms. The molecule has 0 aliphatic rings. The molecule has 1 aromatic carbocycles. The van der Waals surface area contributed by atoms with Crippen LogP contribution in [-0.4, -0.2) is 33.3 Å². The maximum atomic E-state index is 12.3. The molecule has 0 bridgehead atoms. The third-order valence-corrected chi connectivity index (χ3v) is 4.09. The third-order valence-electron chi connectivity index (χ3n) is 4.09. The summed E-state index contributed by atoms with van der Waals surface area (Å²) >= 11 is 0. The van der Waals surface area contributed by atoms with E-state index in [1.807, 2.05) is 0 Å². The molecule has 0 unspecified atom stereocenters. The molecule has 26 heavy (non-hydrogen) atoms. The average Bonchev–Trinajstić information content (AvgIpc) is 2.62. The molecule has 1 heterocycles. The van der Waals surface area contributed by atoms with Crippen LogP contribution in [0.4, 0.5) is 0 Å². The quantitative estimate of drug-likeness (QED) is 0.550. The molecule has 0 fully saturated rings. The summed E-state index contributed by atoms with van der Waals surface area (Å²) in [5, 5.41) is 14.5. The van der Waals surface area contributed by atoms with Crippen LogP contribution in [-0.2, 0) is 16.1 Å². The van der Waals surface area contributed by atoms with E-state index >= 15 is 0 Å². The number of benzene rings is 1. The number of aromatic amines is 1. The molecule has 1 aromatic heterocycles. The Labute approximate surface area is 149 Å². The van der Waals surface area contributed by atoms with Crippen molar-refractivity contribution < 1.29 is 14.7 Å². The topological polar surface area (TPSA) is 121 Å². The molecule has 0 aliphatic heterocycles. The number of amides is 1. The number of aliphatic carboxylic acids is 1. The number of H-pyrrole nitrogens is 1. The lowest BCUT2D eigenvalue weighted by atomic mass is 10.1. The fraction of sp³-hybridized carbons (Fsp3) is 0.444. The number of fused-ring (bicyclic) bond motifs is 1. The van der Waals surface area contributed by atoms with Crippen LogP contribution in [0.25, 0.3) is 10.8 Å². The Hall–Kier alpha value is -2.90. The summed E-state index contributed by atoms with van der Waals surface area (Å²) in [6.07, 6.45) is 3.35. The summed E-state index contributed by atoms with van der Waals surface area (Å²) < 4.78 is 1.16. The first kappa shape index (κ1) is 19.4. The van der Waals surface area contributed by atoms with E-state index in [0.717, 1.165) is 23.9 Å². The minimum absolute atomic E-state index is 0.0905. The Morgan fingerprint density at radius 3 is 2.42 bits per heavy atom. The van der Waals surface area contributed by atoms with Crippen molar-refractivity contribution in [1.82, 2.24) is 15.1 Å². The lowest BCUT2D eigenvalue weighted by Gasteiger charge is -2.08. The van der Waals surface area contributed by atoms with E-state index in [4.69, 9.17) is 5.11 Å². The van der Waals surface area contributed by atoms with Crippen LogP contribution < -0.4 is 16.4 Å². The molecule has 0 saturated carbocycles. The number of carboxylic acids is 1. The van der Waals surface area contributed by atoms with Gasteiger partial charge in [0.05, 0.1) is 17.3 Å². The van der Waals surface area contributed by atoms with Gasteiger partial charge < -0.3 is 10.4 Å². The second-order valence-electron chi connectivity index (χ2n) is 6.10. The first-order valence-corrected chi connectivity index (χ1v) is 8.69. The number of rotatable bonds is 10. The number of carbonyl (C=O) groups excluding carboxylic acids is 1. The van der Waals surface area contributed by atoms with Crippen molar-refractivity contribution in [2.24, 2.45) is 0 Å². The Kier molecular flexibility index (Phi) is 7.13. The molecule has 2 aromatic rings. The fourth-order valence-electron chi connectivity index (χ4n) is 2.69. The monoisotopic (exact) mass is 361 g/mol. The van der Waals surface area contributed by atoms with Crippen LogP contribution >= 0.6 is 0 Å². The van der Waals surface area contributed by atoms with Crippen molar-refractivity contribution in [3.8, 4) is 0 Å². The molecular formula is C18H23N3O5. The number of unbranched alkanes of at least 4 members (excludes halogenated alkanes) is 3. The zero-order valence-electron chi connectivity index (χ0n) is 14.5. The number of carboxylic acid groups (broad SMARTS) is 1. The van der Waals surface area contributed by atoms with Crippen molar-refractivity contribution in [1.29, 1.82) is 0 Å². The van der Waals surface area contributed by atoms with Crippen molar-refractivity contribution >= 4 is 22.6 Å². The Morgan fingerprint density at radius 2 is 1.69 bits per heavy atom. The minimum atomic E-state index is -0.791. The molecule has 3 N–H and O–H groups in total. The number of hydrogen-bond acceptors (Lipinski definition) is 4. The predicted octanol–water partition coefficient (Wildman–Crippen LogP) is 1.23. The highest BCUT2D eigenvalue weighted by Crippen LogP contribution is 2.03. The van der Waals surface area contributed by atoms with Crippen LogP contribution in [0.1, 0.15) is 38.5 Å². The highest BCUT2D eigenvalue weighted by atomic mass is 16.4. The molecule has 2 rings (SSSR count). The fourth-order valence-corrected chi connectivity index (χ4v) is 2.69. The summed E-state index contributed by atoms with van der Waals surface area (Å²) in [6.45, 7) is 0.610. The van der Waals surface area contributed by atoms with Gasteiger partial charge in [-0.15, -0.1) is 0 Å². The number of carbonyl (C=O) groups is 2. The standard InChI is InChI=1S/C18H23N3O5/c22-15(19-11-6-2-1-3-9-16(23)24)10-12-21-18(26)14-8-5-4-7-13(14)17(25)20-21/h4-5,7-8H,1-3,6,9-12H2,(H,19,22)(H,20,25)(H,23,24). The number of nitrogens with zero attached hydrogens (tertiary/aromatic N) is 1. The number of hydrogen-bond donors (Lipinski definition) is 3. The van der Waals surface area contributed by atoms with Gasteiger partial charge in [0, 0.05) is 19.4 Å². The molecule has 8 nitrogen and oxygen atoms in total. The van der Waals surface area contributed by atoms with E-state index in [1.165, 1.54) is 0 Å². The lowest BCUT2D eigenvalue weighted by molar-refractivity contribution is -0.137. The van der Waals surface area contributed by atoms with Gasteiger partial charge in [0.1, 0.15) is 0 Å². The van der Waals surface area contributed by atoms with Crippen LogP contribution in [0.5, 0.6) is 0 Å². The Bertz CT molecular complexity index is 884. The van der Waals surface area contributed by atoms with Gasteiger partial charge in [0.2, 0.25) is 5.91 Å². The van der Waals surface area contributed by atoms with Gasteiger partial charge in [0.15, 0.2) is 0 Å². The Morgan fingerprint density at radius 1 is 1.00 bits per heavy atom. The van der Waals surface area contributed by atoms with E-state index in [1.54, 1.807) is 24.3 Å². The summed E-state index contributed by atoms with van der Waals surface area (Å²) in [5.41, 5.74) is -0.687. The summed E-state index contributed by atoms with van der Waals surface area (Å²) in [5.74, 6) is -0.989. The molecule has 140 valence electrons. The van der Waals surface area contributed by atoms with Crippen molar-refractivity contribution in [2.75, 3.05) is 6.54 Å². The predicted molar refractivity (Wildman–Crippen MR) is 97.2 cm³/mol. The van der Waals surface area contributed by atoms with Gasteiger partial charge in [-0.3, -0.25) is 24.3 Å². The van der Waals surface area contributed by atoms with Crippen molar-refractivity contribution in [3.63, 3.8) is 0 Å². The van der Waals surface area contributed by atoms with E-state index in [-0.39, 0.29) is 36.4 Å². The molecule has 0 saturated heterocycles. The zero-order valence-corrected chi connectivity index (χ0v) is 14.5. The molecule has 0 atom stereocenters. The highest BCUT2D eigenvalue weighted by molar-refractivity contribution is 5.80. The third kappa shape index (κ3) is 5.58. The maximum absolute atomic E-state index is 12.3. The second kappa shape index (κ2) is 9.55. The van der Waals surface area contributed by atoms with Crippen LogP contribution in [0.3, 0.4) is 0 Å². The van der Waals surface area contributed by atoms with Gasteiger partial charge in [-0.05, 0) is 25.0 Å². The van der Waals surface area contributed by atoms with Crippen LogP contribution in [0.2, 0.25) is 0 Å². The maximum Gasteiger partial charge on any atom is 0.303 e. The zero-order chi connectivity index (χ0) is 18.9. The van der Waals surface area contributed by atoms with E-state index in [0.29, 0.717) is 23.7 Å². The van der Waals surface area contributed by atoms with Gasteiger partial charge >= 0.3 is 5.97 Å². The number of aromatic nitrogens is 2. The average molecular weight is 361 g/mol. The summed E-state index contributed by atoms with van der Waals surface area (Å²) in [7, 11) is 0. The van der Waals surface area contributed by atoms with Gasteiger partial charge in [-0.25, -0.2) is 4.68 Å². The van der Waals surface area contributed by atoms with Gasteiger partial charge in [0.25, 0.3) is 11.1 Å². The van der Waals surface area contributed by atoms with E-state index < -0.39 is 5.97 Å². The molecule has 0 radical (unpaired) electrons. The lowest BCUT2D eigenvalue weighted by Crippen LogP contribution is -2.32. The molecule has 1 amide bonds. The Balaban J connectivity index is 1.77. The molecule has 0 aliphatic carbocycles. The summed E-state index contributed by atoms with van der Waals surface area (Å²) in [6, 6.07) is 6.56. The second-order valence-corrected chi connectivity index (χ2v) is 6.10. The smallest absolute Gasteiger partial charge is 0.303 e. The SMILES string of the molecule is O=C(O)CCCCCCNC(=O)CCn1[nH]c(=O)c2ccccc2c1=O. The first-order valence-electron chi connectivity index (χ1n) is 8.69. The molecule has 0 spiro atoms. The molecular weight excluding hydrogens is 338 g/mol. The van der Waals surface area contributed by atoms with Gasteiger partial charge in [-0.1, -0.05) is 25.0 Å². The largest absolute Gasteiger partial charge is 0.481 e. The van der Waals surface area contributed by atoms with Crippen molar-refractivity contribution in [3.05, 3.63) is 45.0 Å². The number of aryl methyl sites for hydroxylation is 1.